The molecule has 1 aliphatic heterocycles. The number of hydrogen-bond acceptors (Lipinski definition) is 3. The van der Waals surface area contributed by atoms with Crippen LogP contribution in [-0.4, -0.2) is 43.2 Å². The highest BCUT2D eigenvalue weighted by atomic mass is 15.2. The van der Waals surface area contributed by atoms with Crippen LogP contribution < -0.4 is 11.1 Å². The molecular weight excluding hydrogens is 210 g/mol. The molecule has 3 rings (SSSR count). The smallest absolute Gasteiger partial charge is 0.0207 e. The van der Waals surface area contributed by atoms with E-state index in [1.165, 1.54) is 64.6 Å². The fourth-order valence-corrected chi connectivity index (χ4v) is 3.50. The molecule has 3 N–H and O–H groups in total. The van der Waals surface area contributed by atoms with Crippen molar-refractivity contribution in [3.63, 3.8) is 0 Å². The fourth-order valence-electron chi connectivity index (χ4n) is 3.50. The van der Waals surface area contributed by atoms with Gasteiger partial charge in [0, 0.05) is 25.2 Å². The molecule has 0 aromatic rings. The molecule has 0 radical (unpaired) electrons. The van der Waals surface area contributed by atoms with Gasteiger partial charge >= 0.3 is 0 Å². The van der Waals surface area contributed by atoms with Gasteiger partial charge in [0.1, 0.15) is 0 Å². The SMILES string of the molecule is NCC1(CCNC2CCN(C3CC3)C2)CCC1. The Bertz CT molecular complexity index is 253. The second-order valence-corrected chi connectivity index (χ2v) is 6.47. The predicted octanol–water partition coefficient (Wildman–Crippen LogP) is 1.33. The first-order valence-electron chi connectivity index (χ1n) is 7.49. The second kappa shape index (κ2) is 4.87. The van der Waals surface area contributed by atoms with E-state index < -0.39 is 0 Å². The van der Waals surface area contributed by atoms with E-state index in [9.17, 15) is 0 Å². The molecule has 98 valence electrons. The highest BCUT2D eigenvalue weighted by molar-refractivity contribution is 4.93. The molecule has 1 heterocycles. The summed E-state index contributed by atoms with van der Waals surface area (Å²) < 4.78 is 0. The molecule has 1 atom stereocenters. The van der Waals surface area contributed by atoms with E-state index in [2.05, 4.69) is 10.2 Å². The molecule has 2 aliphatic carbocycles. The van der Waals surface area contributed by atoms with Crippen LogP contribution in [0.1, 0.15) is 44.9 Å². The van der Waals surface area contributed by atoms with Crippen LogP contribution in [0, 0.1) is 5.41 Å². The van der Waals surface area contributed by atoms with Crippen molar-refractivity contribution in [2.24, 2.45) is 11.1 Å². The number of nitrogens with one attached hydrogen (secondary N) is 1. The quantitative estimate of drug-likeness (QED) is 0.732. The van der Waals surface area contributed by atoms with Crippen LogP contribution in [0.5, 0.6) is 0 Å². The molecule has 1 unspecified atom stereocenters. The normalized spacial score (nSPS) is 32.6. The average molecular weight is 237 g/mol. The maximum atomic E-state index is 5.90. The number of nitrogens with two attached hydrogens (primary N) is 1. The van der Waals surface area contributed by atoms with Gasteiger partial charge in [-0.2, -0.15) is 0 Å². The Balaban J connectivity index is 1.34. The average Bonchev–Trinajstić information content (AvgIpc) is 3.03. The summed E-state index contributed by atoms with van der Waals surface area (Å²) in [5, 5.41) is 3.76. The summed E-state index contributed by atoms with van der Waals surface area (Å²) in [4.78, 5) is 2.68. The van der Waals surface area contributed by atoms with Crippen molar-refractivity contribution in [3.05, 3.63) is 0 Å². The van der Waals surface area contributed by atoms with Crippen LogP contribution >= 0.6 is 0 Å². The van der Waals surface area contributed by atoms with Gasteiger partial charge in [-0.3, -0.25) is 4.90 Å². The third-order valence-corrected chi connectivity index (χ3v) is 5.22. The Kier molecular flexibility index (Phi) is 3.42. The van der Waals surface area contributed by atoms with Gasteiger partial charge < -0.3 is 11.1 Å². The molecule has 2 saturated carbocycles. The lowest BCUT2D eigenvalue weighted by Crippen LogP contribution is -2.42. The van der Waals surface area contributed by atoms with Gasteiger partial charge in [-0.05, 0) is 57.0 Å². The topological polar surface area (TPSA) is 41.3 Å². The zero-order chi connectivity index (χ0) is 11.7. The van der Waals surface area contributed by atoms with Gasteiger partial charge in [0.2, 0.25) is 0 Å². The summed E-state index contributed by atoms with van der Waals surface area (Å²) in [5.41, 5.74) is 6.41. The van der Waals surface area contributed by atoms with Gasteiger partial charge in [-0.1, -0.05) is 6.42 Å². The molecule has 3 nitrogen and oxygen atoms in total. The maximum Gasteiger partial charge on any atom is 0.0207 e. The highest BCUT2D eigenvalue weighted by Crippen LogP contribution is 2.42. The summed E-state index contributed by atoms with van der Waals surface area (Å²) in [6.07, 6.45) is 9.67. The maximum absolute atomic E-state index is 5.90. The second-order valence-electron chi connectivity index (χ2n) is 6.47. The van der Waals surface area contributed by atoms with Crippen molar-refractivity contribution in [1.29, 1.82) is 0 Å². The molecule has 1 saturated heterocycles. The Morgan fingerprint density at radius 1 is 1.24 bits per heavy atom. The predicted molar refractivity (Wildman–Crippen MR) is 71.0 cm³/mol. The molecule has 0 aromatic carbocycles. The van der Waals surface area contributed by atoms with Crippen molar-refractivity contribution in [3.8, 4) is 0 Å². The Labute approximate surface area is 105 Å². The molecule has 0 amide bonds. The Morgan fingerprint density at radius 2 is 2.06 bits per heavy atom. The van der Waals surface area contributed by atoms with Gasteiger partial charge in [-0.25, -0.2) is 0 Å². The van der Waals surface area contributed by atoms with Crippen molar-refractivity contribution >= 4 is 0 Å². The van der Waals surface area contributed by atoms with Crippen LogP contribution in [0.4, 0.5) is 0 Å². The highest BCUT2D eigenvalue weighted by Gasteiger charge is 2.36. The zero-order valence-electron chi connectivity index (χ0n) is 11.0. The minimum atomic E-state index is 0.516. The van der Waals surface area contributed by atoms with E-state index in [0.717, 1.165) is 18.6 Å². The van der Waals surface area contributed by atoms with E-state index in [0.29, 0.717) is 5.41 Å². The van der Waals surface area contributed by atoms with E-state index in [1.54, 1.807) is 0 Å². The standard InChI is InChI=1S/C14H27N3/c15-11-14(5-1-6-14)7-8-16-12-4-9-17(10-12)13-2-3-13/h12-13,16H,1-11,15H2. The lowest BCUT2D eigenvalue weighted by molar-refractivity contribution is 0.129. The lowest BCUT2D eigenvalue weighted by Gasteiger charge is -2.41. The number of rotatable bonds is 6. The first-order chi connectivity index (χ1) is 8.31. The third-order valence-electron chi connectivity index (χ3n) is 5.22. The molecular formula is C14H27N3. The molecule has 3 fully saturated rings. The van der Waals surface area contributed by atoms with Gasteiger partial charge in [0.15, 0.2) is 0 Å². The molecule has 3 heteroatoms. The Hall–Kier alpha value is -0.120. The van der Waals surface area contributed by atoms with Crippen LogP contribution in [0.3, 0.4) is 0 Å². The monoisotopic (exact) mass is 237 g/mol. The van der Waals surface area contributed by atoms with Crippen molar-refractivity contribution in [1.82, 2.24) is 10.2 Å². The summed E-state index contributed by atoms with van der Waals surface area (Å²) in [6, 6.07) is 1.70. The minimum absolute atomic E-state index is 0.516. The van der Waals surface area contributed by atoms with Gasteiger partial charge in [0.05, 0.1) is 0 Å². The number of nitrogens with zero attached hydrogens (tertiary/aromatic N) is 1. The number of likely N-dealkylation sites (tertiary alicyclic amines) is 1. The first kappa shape index (κ1) is 11.9. The van der Waals surface area contributed by atoms with Gasteiger partial charge in [-0.15, -0.1) is 0 Å². The van der Waals surface area contributed by atoms with Crippen LogP contribution in [0.25, 0.3) is 0 Å². The minimum Gasteiger partial charge on any atom is -0.330 e. The number of hydrogen-bond donors (Lipinski definition) is 2. The summed E-state index contributed by atoms with van der Waals surface area (Å²) in [7, 11) is 0. The van der Waals surface area contributed by atoms with E-state index in [-0.39, 0.29) is 0 Å². The largest absolute Gasteiger partial charge is 0.330 e. The summed E-state index contributed by atoms with van der Waals surface area (Å²) >= 11 is 0. The summed E-state index contributed by atoms with van der Waals surface area (Å²) in [5.74, 6) is 0. The zero-order valence-corrected chi connectivity index (χ0v) is 11.0. The van der Waals surface area contributed by atoms with Crippen molar-refractivity contribution < 1.29 is 0 Å². The van der Waals surface area contributed by atoms with Crippen LogP contribution in [0.15, 0.2) is 0 Å². The van der Waals surface area contributed by atoms with E-state index >= 15 is 0 Å². The molecule has 17 heavy (non-hydrogen) atoms. The molecule has 3 aliphatic rings. The van der Waals surface area contributed by atoms with Crippen molar-refractivity contribution in [2.75, 3.05) is 26.2 Å². The van der Waals surface area contributed by atoms with E-state index in [1.807, 2.05) is 0 Å². The summed E-state index contributed by atoms with van der Waals surface area (Å²) in [6.45, 7) is 4.69. The fraction of sp³-hybridized carbons (Fsp3) is 1.00. The van der Waals surface area contributed by atoms with Crippen LogP contribution in [-0.2, 0) is 0 Å². The molecule has 0 spiro atoms. The Morgan fingerprint density at radius 3 is 2.65 bits per heavy atom. The van der Waals surface area contributed by atoms with Crippen LogP contribution in [0.2, 0.25) is 0 Å². The van der Waals surface area contributed by atoms with E-state index in [4.69, 9.17) is 5.73 Å². The van der Waals surface area contributed by atoms with Gasteiger partial charge in [0.25, 0.3) is 0 Å². The molecule has 0 bridgehead atoms. The third kappa shape index (κ3) is 2.67. The van der Waals surface area contributed by atoms with Crippen molar-refractivity contribution in [2.45, 2.75) is 57.0 Å². The first-order valence-corrected chi connectivity index (χ1v) is 7.49. The molecule has 0 aromatic heterocycles. The lowest BCUT2D eigenvalue weighted by atomic mass is 9.67.